The molecule has 0 aliphatic heterocycles. The summed E-state index contributed by atoms with van der Waals surface area (Å²) in [6, 6.07) is 12.6. The molecule has 100 valence electrons. The van der Waals surface area contributed by atoms with Crippen molar-refractivity contribution in [2.45, 2.75) is 9.79 Å². The number of hydrogen-bond acceptors (Lipinski definition) is 4. The van der Waals surface area contributed by atoms with Crippen LogP contribution in [-0.4, -0.2) is 14.7 Å². The van der Waals surface area contributed by atoms with Gasteiger partial charge in [0.15, 0.2) is 0 Å². The van der Waals surface area contributed by atoms with Crippen LogP contribution in [0.25, 0.3) is 0 Å². The Morgan fingerprint density at radius 1 is 0.947 bits per heavy atom. The fourth-order valence-electron chi connectivity index (χ4n) is 1.45. The average Bonchev–Trinajstić information content (AvgIpc) is 2.39. The summed E-state index contributed by atoms with van der Waals surface area (Å²) in [5, 5.41) is 0. The van der Waals surface area contributed by atoms with Crippen LogP contribution in [0.1, 0.15) is 0 Å². The topological polar surface area (TPSA) is 43.4 Å². The van der Waals surface area contributed by atoms with Crippen LogP contribution < -0.4 is 4.74 Å². The normalized spacial score (nSPS) is 11.3. The molecule has 0 aromatic heterocycles. The van der Waals surface area contributed by atoms with Crippen LogP contribution in [0.5, 0.6) is 11.5 Å². The molecule has 0 spiro atoms. The number of rotatable bonds is 4. The second-order valence-electron chi connectivity index (χ2n) is 3.69. The Hall–Kier alpha value is -1.53. The zero-order chi connectivity index (χ0) is 13.9. The van der Waals surface area contributed by atoms with Crippen molar-refractivity contribution < 1.29 is 17.0 Å². The SMILES string of the molecule is CSc1ccc(Oc2ccc(S(=O)(=O)F)cc2)cc1. The van der Waals surface area contributed by atoms with E-state index in [1.165, 1.54) is 24.3 Å². The summed E-state index contributed by atoms with van der Waals surface area (Å²) in [6.07, 6.45) is 1.98. The maximum Gasteiger partial charge on any atom is 0.332 e. The number of halogens is 1. The quantitative estimate of drug-likeness (QED) is 0.635. The van der Waals surface area contributed by atoms with Gasteiger partial charge in [0, 0.05) is 4.90 Å². The molecular formula is C13H11FO3S2. The lowest BCUT2D eigenvalue weighted by Gasteiger charge is -2.06. The summed E-state index contributed by atoms with van der Waals surface area (Å²) in [5.41, 5.74) is 0. The van der Waals surface area contributed by atoms with Crippen molar-refractivity contribution in [1.29, 1.82) is 0 Å². The molecule has 0 N–H and O–H groups in total. The van der Waals surface area contributed by atoms with Crippen LogP contribution in [0.4, 0.5) is 3.89 Å². The second-order valence-corrected chi connectivity index (χ2v) is 5.91. The monoisotopic (exact) mass is 298 g/mol. The van der Waals surface area contributed by atoms with E-state index in [1.807, 2.05) is 30.5 Å². The Kier molecular flexibility index (Phi) is 4.11. The Balaban J connectivity index is 2.15. The third kappa shape index (κ3) is 3.71. The first kappa shape index (κ1) is 13.9. The standard InChI is InChI=1S/C13H11FO3S2/c1-18-12-6-2-10(3-7-12)17-11-4-8-13(9-5-11)19(14,15)16/h2-9H,1H3. The van der Waals surface area contributed by atoms with Crippen LogP contribution in [0.15, 0.2) is 58.3 Å². The van der Waals surface area contributed by atoms with Crippen molar-refractivity contribution in [1.82, 2.24) is 0 Å². The van der Waals surface area contributed by atoms with Gasteiger partial charge in [-0.25, -0.2) is 0 Å². The van der Waals surface area contributed by atoms with Gasteiger partial charge in [-0.3, -0.25) is 0 Å². The fourth-order valence-corrected chi connectivity index (χ4v) is 2.32. The van der Waals surface area contributed by atoms with Crippen molar-refractivity contribution >= 4 is 22.0 Å². The van der Waals surface area contributed by atoms with Crippen molar-refractivity contribution in [3.05, 3.63) is 48.5 Å². The lowest BCUT2D eigenvalue weighted by atomic mass is 10.3. The largest absolute Gasteiger partial charge is 0.457 e. The minimum absolute atomic E-state index is 0.377. The van der Waals surface area contributed by atoms with Crippen LogP contribution in [0, 0.1) is 0 Å². The van der Waals surface area contributed by atoms with Gasteiger partial charge in [-0.2, -0.15) is 8.42 Å². The molecule has 0 saturated heterocycles. The molecule has 6 heteroatoms. The first-order chi connectivity index (χ1) is 8.99. The van der Waals surface area contributed by atoms with E-state index in [2.05, 4.69) is 0 Å². The summed E-state index contributed by atoms with van der Waals surface area (Å²) < 4.78 is 39.5. The number of hydrogen-bond donors (Lipinski definition) is 0. The summed E-state index contributed by atoms with van der Waals surface area (Å²) >= 11 is 1.62. The van der Waals surface area contributed by atoms with Gasteiger partial charge in [-0.1, -0.05) is 0 Å². The highest BCUT2D eigenvalue weighted by Crippen LogP contribution is 2.25. The highest BCUT2D eigenvalue weighted by molar-refractivity contribution is 7.98. The minimum atomic E-state index is -4.66. The van der Waals surface area contributed by atoms with E-state index in [1.54, 1.807) is 11.8 Å². The molecule has 0 heterocycles. The van der Waals surface area contributed by atoms with Crippen LogP contribution >= 0.6 is 11.8 Å². The zero-order valence-electron chi connectivity index (χ0n) is 10.0. The van der Waals surface area contributed by atoms with E-state index < -0.39 is 10.2 Å². The number of benzene rings is 2. The maximum absolute atomic E-state index is 12.7. The Labute approximate surface area is 115 Å². The molecule has 2 rings (SSSR count). The molecular weight excluding hydrogens is 287 g/mol. The van der Waals surface area contributed by atoms with Crippen LogP contribution in [0.2, 0.25) is 0 Å². The highest BCUT2D eigenvalue weighted by Gasteiger charge is 2.11. The predicted octanol–water partition coefficient (Wildman–Crippen LogP) is 3.86. The van der Waals surface area contributed by atoms with E-state index in [4.69, 9.17) is 4.74 Å². The van der Waals surface area contributed by atoms with E-state index in [-0.39, 0.29) is 4.90 Å². The lowest BCUT2D eigenvalue weighted by Crippen LogP contribution is -1.91. The molecule has 3 nitrogen and oxygen atoms in total. The molecule has 0 atom stereocenters. The molecule has 0 amide bonds. The van der Waals surface area contributed by atoms with Gasteiger partial charge < -0.3 is 4.74 Å². The van der Waals surface area contributed by atoms with E-state index in [0.717, 1.165) is 4.90 Å². The highest BCUT2D eigenvalue weighted by atomic mass is 32.3. The minimum Gasteiger partial charge on any atom is -0.457 e. The van der Waals surface area contributed by atoms with Gasteiger partial charge >= 0.3 is 10.2 Å². The molecule has 0 aliphatic carbocycles. The first-order valence-electron chi connectivity index (χ1n) is 5.36. The predicted molar refractivity (Wildman–Crippen MR) is 73.0 cm³/mol. The van der Waals surface area contributed by atoms with E-state index in [0.29, 0.717) is 11.5 Å². The number of ether oxygens (including phenoxy) is 1. The third-order valence-electron chi connectivity index (χ3n) is 2.40. The van der Waals surface area contributed by atoms with Gasteiger partial charge in [0.25, 0.3) is 0 Å². The molecule has 2 aromatic rings. The van der Waals surface area contributed by atoms with Crippen LogP contribution in [-0.2, 0) is 10.2 Å². The van der Waals surface area contributed by atoms with Gasteiger partial charge in [-0.15, -0.1) is 15.6 Å². The molecule has 0 radical (unpaired) electrons. The summed E-state index contributed by atoms with van der Waals surface area (Å²) in [5.74, 6) is 1.08. The summed E-state index contributed by atoms with van der Waals surface area (Å²) in [4.78, 5) is 0.740. The lowest BCUT2D eigenvalue weighted by molar-refractivity contribution is 0.481. The summed E-state index contributed by atoms with van der Waals surface area (Å²) in [6.45, 7) is 0. The van der Waals surface area contributed by atoms with Crippen LogP contribution in [0.3, 0.4) is 0 Å². The summed E-state index contributed by atoms with van der Waals surface area (Å²) in [7, 11) is -4.66. The maximum atomic E-state index is 12.7. The number of thioether (sulfide) groups is 1. The fraction of sp³-hybridized carbons (Fsp3) is 0.0769. The smallest absolute Gasteiger partial charge is 0.332 e. The first-order valence-corrected chi connectivity index (χ1v) is 7.96. The molecule has 0 fully saturated rings. The molecule has 0 bridgehead atoms. The zero-order valence-corrected chi connectivity index (χ0v) is 11.7. The van der Waals surface area contributed by atoms with E-state index >= 15 is 0 Å². The van der Waals surface area contributed by atoms with Crippen molar-refractivity contribution in [3.63, 3.8) is 0 Å². The van der Waals surface area contributed by atoms with Crippen molar-refractivity contribution in [2.24, 2.45) is 0 Å². The van der Waals surface area contributed by atoms with Crippen molar-refractivity contribution in [3.8, 4) is 11.5 Å². The molecule has 2 aromatic carbocycles. The molecule has 0 saturated carbocycles. The van der Waals surface area contributed by atoms with E-state index in [9.17, 15) is 12.3 Å². The van der Waals surface area contributed by atoms with Crippen molar-refractivity contribution in [2.75, 3.05) is 6.26 Å². The third-order valence-corrected chi connectivity index (χ3v) is 3.98. The molecule has 0 aliphatic rings. The molecule has 0 unspecified atom stereocenters. The van der Waals surface area contributed by atoms with Gasteiger partial charge in [0.1, 0.15) is 11.5 Å². The van der Waals surface area contributed by atoms with Gasteiger partial charge in [0.05, 0.1) is 4.90 Å². The van der Waals surface area contributed by atoms with Gasteiger partial charge in [0.2, 0.25) is 0 Å². The second kappa shape index (κ2) is 5.63. The van der Waals surface area contributed by atoms with Gasteiger partial charge in [-0.05, 0) is 54.8 Å². The Morgan fingerprint density at radius 3 is 1.84 bits per heavy atom. The average molecular weight is 298 g/mol. The Morgan fingerprint density at radius 2 is 1.42 bits per heavy atom. The Bertz CT molecular complexity index is 649. The molecule has 19 heavy (non-hydrogen) atoms.